The molecule has 0 fully saturated rings. The first-order valence-electron chi connectivity index (χ1n) is 9.02. The van der Waals surface area contributed by atoms with E-state index in [1.54, 1.807) is 19.1 Å². The second-order valence-corrected chi connectivity index (χ2v) is 10.0. The third-order valence-electron chi connectivity index (χ3n) is 4.51. The molecule has 0 saturated heterocycles. The molecule has 0 radical (unpaired) electrons. The number of anilines is 2. The Morgan fingerprint density at radius 1 is 1.21 bits per heavy atom. The van der Waals surface area contributed by atoms with Crippen LogP contribution in [-0.2, 0) is 25.8 Å². The summed E-state index contributed by atoms with van der Waals surface area (Å²) in [5, 5.41) is 5.29. The lowest BCUT2D eigenvalue weighted by atomic mass is 10.1. The van der Waals surface area contributed by atoms with Gasteiger partial charge in [-0.2, -0.15) is 0 Å². The number of amides is 2. The molecular weight excluding hydrogens is 396 g/mol. The monoisotopic (exact) mass is 418 g/mol. The number of hydrogen-bond donors (Lipinski definition) is 2. The molecule has 1 aliphatic heterocycles. The van der Waals surface area contributed by atoms with Crippen molar-refractivity contribution < 1.29 is 18.0 Å². The molecule has 0 aliphatic carbocycles. The summed E-state index contributed by atoms with van der Waals surface area (Å²) in [7, 11) is -3.65. The predicted octanol–water partition coefficient (Wildman–Crippen LogP) is 3.48. The minimum absolute atomic E-state index is 0.100. The van der Waals surface area contributed by atoms with Crippen LogP contribution >= 0.6 is 11.8 Å². The van der Waals surface area contributed by atoms with Crippen molar-refractivity contribution in [1.29, 1.82) is 0 Å². The van der Waals surface area contributed by atoms with Gasteiger partial charge < -0.3 is 10.6 Å². The van der Waals surface area contributed by atoms with Crippen LogP contribution < -0.4 is 10.6 Å². The van der Waals surface area contributed by atoms with Crippen molar-refractivity contribution in [3.63, 3.8) is 0 Å². The van der Waals surface area contributed by atoms with Gasteiger partial charge in [-0.05, 0) is 43.2 Å². The van der Waals surface area contributed by atoms with Gasteiger partial charge in [0.15, 0.2) is 9.84 Å². The highest BCUT2D eigenvalue weighted by Crippen LogP contribution is 2.36. The molecule has 2 aromatic rings. The van der Waals surface area contributed by atoms with Gasteiger partial charge in [-0.3, -0.25) is 9.59 Å². The van der Waals surface area contributed by atoms with E-state index in [-0.39, 0.29) is 34.1 Å². The lowest BCUT2D eigenvalue weighted by molar-refractivity contribution is -0.116. The molecule has 0 aromatic heterocycles. The first-order chi connectivity index (χ1) is 13.3. The zero-order valence-electron chi connectivity index (χ0n) is 15.7. The molecule has 8 heteroatoms. The maximum Gasteiger partial charge on any atom is 0.237 e. The van der Waals surface area contributed by atoms with Crippen LogP contribution in [0.15, 0.2) is 52.3 Å². The molecule has 0 saturated carbocycles. The van der Waals surface area contributed by atoms with E-state index in [4.69, 9.17) is 0 Å². The standard InChI is InChI=1S/C20H22N2O4S2/c1-3-14-6-4-5-7-16(14)21-19(23)10-11-28(25,26)15-8-9-18-17(12-15)22-20(24)13(2)27-18/h4-9,12-13H,3,10-11H2,1-2H3,(H,21,23)(H,22,24)/t13-/m1/s1. The Bertz CT molecular complexity index is 1020. The van der Waals surface area contributed by atoms with Crippen LogP contribution in [0.25, 0.3) is 0 Å². The average Bonchev–Trinajstić information content (AvgIpc) is 2.67. The fraction of sp³-hybridized carbons (Fsp3) is 0.300. The second kappa shape index (κ2) is 8.36. The second-order valence-electron chi connectivity index (χ2n) is 6.54. The number of thioether (sulfide) groups is 1. The fourth-order valence-electron chi connectivity index (χ4n) is 2.89. The van der Waals surface area contributed by atoms with Gasteiger partial charge in [-0.25, -0.2) is 8.42 Å². The van der Waals surface area contributed by atoms with Crippen LogP contribution in [0, 0.1) is 0 Å². The van der Waals surface area contributed by atoms with Gasteiger partial charge in [0.1, 0.15) is 0 Å². The molecule has 0 spiro atoms. The maximum atomic E-state index is 12.6. The first-order valence-corrected chi connectivity index (χ1v) is 11.6. The Hall–Kier alpha value is -2.32. The van der Waals surface area contributed by atoms with Gasteiger partial charge in [0, 0.05) is 17.0 Å². The average molecular weight is 419 g/mol. The number of carbonyl (C=O) groups is 2. The number of rotatable bonds is 6. The van der Waals surface area contributed by atoms with Crippen molar-refractivity contribution in [3.8, 4) is 0 Å². The quantitative estimate of drug-likeness (QED) is 0.749. The highest BCUT2D eigenvalue weighted by atomic mass is 32.2. The Morgan fingerprint density at radius 3 is 2.71 bits per heavy atom. The summed E-state index contributed by atoms with van der Waals surface area (Å²) in [4.78, 5) is 25.0. The van der Waals surface area contributed by atoms with Crippen LogP contribution in [0.1, 0.15) is 25.8 Å². The predicted molar refractivity (Wildman–Crippen MR) is 112 cm³/mol. The van der Waals surface area contributed by atoms with Gasteiger partial charge in [-0.1, -0.05) is 25.1 Å². The molecule has 148 valence electrons. The summed E-state index contributed by atoms with van der Waals surface area (Å²) in [5.74, 6) is -0.801. The number of aryl methyl sites for hydroxylation is 1. The normalized spacial score (nSPS) is 16.2. The Morgan fingerprint density at radius 2 is 1.96 bits per heavy atom. The minimum atomic E-state index is -3.65. The number of carbonyl (C=O) groups excluding carboxylic acids is 2. The van der Waals surface area contributed by atoms with Crippen LogP contribution in [0.3, 0.4) is 0 Å². The molecular formula is C20H22N2O4S2. The van der Waals surface area contributed by atoms with Gasteiger partial charge in [0.25, 0.3) is 0 Å². The SMILES string of the molecule is CCc1ccccc1NC(=O)CCS(=O)(=O)c1ccc2c(c1)NC(=O)[C@@H](C)S2. The summed E-state index contributed by atoms with van der Waals surface area (Å²) >= 11 is 1.39. The van der Waals surface area contributed by atoms with Crippen molar-refractivity contribution in [2.45, 2.75) is 41.7 Å². The molecule has 2 aromatic carbocycles. The van der Waals surface area contributed by atoms with E-state index in [1.807, 2.05) is 25.1 Å². The third-order valence-corrected chi connectivity index (χ3v) is 7.40. The molecule has 1 heterocycles. The van der Waals surface area contributed by atoms with Crippen molar-refractivity contribution in [2.75, 3.05) is 16.4 Å². The number of para-hydroxylation sites is 1. The van der Waals surface area contributed by atoms with Gasteiger partial charge in [0.2, 0.25) is 11.8 Å². The van der Waals surface area contributed by atoms with Crippen molar-refractivity contribution in [1.82, 2.24) is 0 Å². The largest absolute Gasteiger partial charge is 0.326 e. The van der Waals surface area contributed by atoms with E-state index < -0.39 is 9.84 Å². The molecule has 28 heavy (non-hydrogen) atoms. The van der Waals surface area contributed by atoms with Gasteiger partial charge in [0.05, 0.1) is 21.6 Å². The molecule has 3 rings (SSSR count). The van der Waals surface area contributed by atoms with Gasteiger partial charge >= 0.3 is 0 Å². The van der Waals surface area contributed by atoms with Gasteiger partial charge in [-0.15, -0.1) is 11.8 Å². The van der Waals surface area contributed by atoms with E-state index >= 15 is 0 Å². The lowest BCUT2D eigenvalue weighted by Crippen LogP contribution is -2.26. The lowest BCUT2D eigenvalue weighted by Gasteiger charge is -2.21. The molecule has 2 amide bonds. The highest BCUT2D eigenvalue weighted by molar-refractivity contribution is 8.01. The number of nitrogens with one attached hydrogen (secondary N) is 2. The first kappa shape index (κ1) is 20.4. The zero-order chi connectivity index (χ0) is 20.3. The Kier molecular flexibility index (Phi) is 6.10. The summed E-state index contributed by atoms with van der Waals surface area (Å²) in [6, 6.07) is 12.1. The van der Waals surface area contributed by atoms with Crippen LogP contribution in [0.5, 0.6) is 0 Å². The number of fused-ring (bicyclic) bond motifs is 1. The molecule has 0 bridgehead atoms. The number of sulfone groups is 1. The number of hydrogen-bond acceptors (Lipinski definition) is 5. The Labute approximate surface area is 169 Å². The highest BCUT2D eigenvalue weighted by Gasteiger charge is 2.25. The van der Waals surface area contributed by atoms with E-state index in [9.17, 15) is 18.0 Å². The zero-order valence-corrected chi connectivity index (χ0v) is 17.3. The summed E-state index contributed by atoms with van der Waals surface area (Å²) in [6.07, 6.45) is 0.627. The van der Waals surface area contributed by atoms with E-state index in [0.717, 1.165) is 16.9 Å². The molecule has 6 nitrogen and oxygen atoms in total. The maximum absolute atomic E-state index is 12.6. The molecule has 2 N–H and O–H groups in total. The van der Waals surface area contributed by atoms with Crippen molar-refractivity contribution in [2.24, 2.45) is 0 Å². The fourth-order valence-corrected chi connectivity index (χ4v) is 5.08. The Balaban J connectivity index is 1.68. The van der Waals surface area contributed by atoms with E-state index in [1.165, 1.54) is 23.9 Å². The molecule has 0 unspecified atom stereocenters. The molecule has 1 atom stereocenters. The number of benzene rings is 2. The summed E-state index contributed by atoms with van der Waals surface area (Å²) in [5.41, 5.74) is 2.20. The van der Waals surface area contributed by atoms with Crippen molar-refractivity contribution in [3.05, 3.63) is 48.0 Å². The third kappa shape index (κ3) is 4.56. The van der Waals surface area contributed by atoms with Crippen LogP contribution in [0.2, 0.25) is 0 Å². The van der Waals surface area contributed by atoms with Crippen LogP contribution in [-0.4, -0.2) is 31.2 Å². The molecule has 1 aliphatic rings. The summed E-state index contributed by atoms with van der Waals surface area (Å²) in [6.45, 7) is 3.78. The van der Waals surface area contributed by atoms with E-state index in [0.29, 0.717) is 11.4 Å². The minimum Gasteiger partial charge on any atom is -0.326 e. The topological polar surface area (TPSA) is 92.3 Å². The summed E-state index contributed by atoms with van der Waals surface area (Å²) < 4.78 is 25.3. The van der Waals surface area contributed by atoms with Crippen LogP contribution in [0.4, 0.5) is 11.4 Å². The van der Waals surface area contributed by atoms with Crippen molar-refractivity contribution >= 4 is 44.8 Å². The smallest absolute Gasteiger partial charge is 0.237 e. The van der Waals surface area contributed by atoms with E-state index in [2.05, 4.69) is 10.6 Å².